The number of anilines is 2. The van der Waals surface area contributed by atoms with Gasteiger partial charge in [0.1, 0.15) is 11.2 Å². The molecule has 0 atom stereocenters. The number of benzene rings is 3. The van der Waals surface area contributed by atoms with Crippen LogP contribution in [0.4, 0.5) is 11.8 Å². The average Bonchev–Trinajstić information content (AvgIpc) is 2.76. The van der Waals surface area contributed by atoms with Crippen LogP contribution in [0.5, 0.6) is 0 Å². The molecule has 0 saturated heterocycles. The Labute approximate surface area is 168 Å². The molecule has 0 saturated carbocycles. The predicted molar refractivity (Wildman–Crippen MR) is 113 cm³/mol. The van der Waals surface area contributed by atoms with Crippen molar-refractivity contribution in [2.75, 3.05) is 18.6 Å². The number of methoxy groups -OCH3 is 1. The van der Waals surface area contributed by atoms with Crippen LogP contribution in [-0.2, 0) is 14.9 Å². The summed E-state index contributed by atoms with van der Waals surface area (Å²) in [7, 11) is 1.39. The van der Waals surface area contributed by atoms with E-state index in [0.717, 1.165) is 11.1 Å². The molecule has 3 aromatic carbocycles. The Morgan fingerprint density at radius 2 is 1.41 bits per heavy atom. The van der Waals surface area contributed by atoms with Crippen molar-refractivity contribution in [3.05, 3.63) is 95.6 Å². The maximum Gasteiger partial charge on any atom is 0.325 e. The highest BCUT2D eigenvalue weighted by atomic mass is 16.5. The molecule has 1 aromatic heterocycles. The molecule has 6 heteroatoms. The molecule has 0 amide bonds. The van der Waals surface area contributed by atoms with Crippen LogP contribution in [0.25, 0.3) is 10.9 Å². The molecular formula is C23H20N4O2. The highest BCUT2D eigenvalue weighted by Crippen LogP contribution is 2.41. The largest absolute Gasteiger partial charge is 0.468 e. The minimum atomic E-state index is -1.18. The lowest BCUT2D eigenvalue weighted by Crippen LogP contribution is -2.39. The van der Waals surface area contributed by atoms with Gasteiger partial charge < -0.3 is 16.2 Å². The molecule has 4 aromatic rings. The van der Waals surface area contributed by atoms with E-state index >= 15 is 0 Å². The summed E-state index contributed by atoms with van der Waals surface area (Å²) in [4.78, 5) is 21.7. The minimum absolute atomic E-state index is 0.105. The Bertz CT molecular complexity index is 1140. The van der Waals surface area contributed by atoms with Crippen molar-refractivity contribution in [1.82, 2.24) is 9.97 Å². The summed E-state index contributed by atoms with van der Waals surface area (Å²) in [6, 6.07) is 24.5. The number of ether oxygens (including phenoxy) is 1. The number of hydrogen-bond donors (Lipinski definition) is 2. The molecule has 1 heterocycles. The molecular weight excluding hydrogens is 364 g/mol. The van der Waals surface area contributed by atoms with Crippen LogP contribution in [0.2, 0.25) is 0 Å². The van der Waals surface area contributed by atoms with Gasteiger partial charge in [0.05, 0.1) is 12.6 Å². The summed E-state index contributed by atoms with van der Waals surface area (Å²) in [5, 5.41) is 0.622. The Kier molecular flexibility index (Phi) is 4.60. The van der Waals surface area contributed by atoms with E-state index in [1.165, 1.54) is 7.11 Å². The third-order valence-electron chi connectivity index (χ3n) is 5.08. The lowest BCUT2D eigenvalue weighted by Gasteiger charge is -2.33. The molecule has 0 unspecified atom stereocenters. The molecule has 0 aliphatic heterocycles. The molecule has 0 spiro atoms. The van der Waals surface area contributed by atoms with E-state index in [1.807, 2.05) is 72.8 Å². The van der Waals surface area contributed by atoms with E-state index < -0.39 is 11.4 Å². The van der Waals surface area contributed by atoms with Gasteiger partial charge in [-0.2, -0.15) is 4.98 Å². The Hall–Kier alpha value is -3.93. The summed E-state index contributed by atoms with van der Waals surface area (Å²) in [6.45, 7) is 0. The van der Waals surface area contributed by atoms with Gasteiger partial charge in [-0.05, 0) is 28.8 Å². The first kappa shape index (κ1) is 18.4. The third-order valence-corrected chi connectivity index (χ3v) is 5.08. The van der Waals surface area contributed by atoms with Crippen molar-refractivity contribution < 1.29 is 9.53 Å². The molecule has 29 heavy (non-hydrogen) atoms. The zero-order valence-corrected chi connectivity index (χ0v) is 15.9. The molecule has 0 bridgehead atoms. The summed E-state index contributed by atoms with van der Waals surface area (Å²) in [5.41, 5.74) is 13.5. The van der Waals surface area contributed by atoms with E-state index in [9.17, 15) is 4.79 Å². The second kappa shape index (κ2) is 7.24. The van der Waals surface area contributed by atoms with Crippen LogP contribution in [0.1, 0.15) is 16.7 Å². The van der Waals surface area contributed by atoms with Gasteiger partial charge in [0, 0.05) is 5.39 Å². The van der Waals surface area contributed by atoms with Crippen molar-refractivity contribution in [2.45, 2.75) is 5.41 Å². The summed E-state index contributed by atoms with van der Waals surface area (Å²) >= 11 is 0. The molecule has 0 aliphatic rings. The highest BCUT2D eigenvalue weighted by Gasteiger charge is 2.45. The van der Waals surface area contributed by atoms with Crippen molar-refractivity contribution >= 4 is 28.6 Å². The van der Waals surface area contributed by atoms with Gasteiger partial charge in [0.2, 0.25) is 5.95 Å². The molecule has 6 nitrogen and oxygen atoms in total. The molecule has 4 rings (SSSR count). The first-order chi connectivity index (χ1) is 14.1. The molecule has 0 radical (unpaired) electrons. The number of nitrogen functional groups attached to an aromatic ring is 2. The van der Waals surface area contributed by atoms with Gasteiger partial charge in [-0.1, -0.05) is 66.7 Å². The predicted octanol–water partition coefficient (Wildman–Crippen LogP) is 3.30. The molecule has 0 fully saturated rings. The number of carbonyl (C=O) groups is 1. The van der Waals surface area contributed by atoms with Crippen molar-refractivity contribution in [3.8, 4) is 0 Å². The number of fused-ring (bicyclic) bond motifs is 1. The smallest absolute Gasteiger partial charge is 0.325 e. The number of esters is 1. The van der Waals surface area contributed by atoms with Crippen LogP contribution in [0.15, 0.2) is 78.9 Å². The first-order valence-corrected chi connectivity index (χ1v) is 9.10. The average molecular weight is 384 g/mol. The van der Waals surface area contributed by atoms with Crippen LogP contribution in [-0.4, -0.2) is 23.0 Å². The lowest BCUT2D eigenvalue weighted by atomic mass is 9.69. The van der Waals surface area contributed by atoms with Crippen molar-refractivity contribution in [3.63, 3.8) is 0 Å². The van der Waals surface area contributed by atoms with E-state index in [1.54, 1.807) is 6.07 Å². The number of hydrogen-bond acceptors (Lipinski definition) is 6. The zero-order valence-electron chi connectivity index (χ0n) is 15.9. The number of rotatable bonds is 4. The Morgan fingerprint density at radius 1 is 0.828 bits per heavy atom. The zero-order chi connectivity index (χ0) is 20.4. The monoisotopic (exact) mass is 384 g/mol. The maximum absolute atomic E-state index is 13.4. The first-order valence-electron chi connectivity index (χ1n) is 9.10. The van der Waals surface area contributed by atoms with E-state index in [4.69, 9.17) is 16.2 Å². The SMILES string of the molecule is COC(=O)C(c1ccccc1)(c1ccccc1)c1ccc2nc(N)nc(N)c2c1. The van der Waals surface area contributed by atoms with Crippen LogP contribution in [0, 0.1) is 0 Å². The summed E-state index contributed by atoms with van der Waals surface area (Å²) < 4.78 is 5.32. The quantitative estimate of drug-likeness (QED) is 0.413. The fourth-order valence-electron chi connectivity index (χ4n) is 3.79. The van der Waals surface area contributed by atoms with Gasteiger partial charge in [0.15, 0.2) is 0 Å². The second-order valence-electron chi connectivity index (χ2n) is 6.67. The molecule has 144 valence electrons. The number of carbonyl (C=O) groups excluding carboxylic acids is 1. The van der Waals surface area contributed by atoms with Gasteiger partial charge in [0.25, 0.3) is 0 Å². The normalized spacial score (nSPS) is 11.3. The maximum atomic E-state index is 13.4. The van der Waals surface area contributed by atoms with Crippen LogP contribution >= 0.6 is 0 Å². The highest BCUT2D eigenvalue weighted by molar-refractivity contribution is 5.96. The van der Waals surface area contributed by atoms with Crippen molar-refractivity contribution in [2.24, 2.45) is 0 Å². The van der Waals surface area contributed by atoms with Gasteiger partial charge in [-0.15, -0.1) is 0 Å². The van der Waals surface area contributed by atoms with Crippen molar-refractivity contribution in [1.29, 1.82) is 0 Å². The standard InChI is InChI=1S/C23H20N4O2/c1-29-21(28)23(15-8-4-2-5-9-15,16-10-6-3-7-11-16)17-12-13-19-18(14-17)20(24)27-22(25)26-19/h2-14H,1H3,(H4,24,25,26,27). The molecule has 0 aliphatic carbocycles. The fraction of sp³-hybridized carbons (Fsp3) is 0.0870. The van der Waals surface area contributed by atoms with E-state index in [0.29, 0.717) is 16.5 Å². The topological polar surface area (TPSA) is 104 Å². The van der Waals surface area contributed by atoms with E-state index in [-0.39, 0.29) is 11.8 Å². The Balaban J connectivity index is 2.10. The number of aromatic nitrogens is 2. The fourth-order valence-corrected chi connectivity index (χ4v) is 3.79. The lowest BCUT2D eigenvalue weighted by molar-refractivity contribution is -0.144. The summed E-state index contributed by atoms with van der Waals surface area (Å²) in [6.07, 6.45) is 0. The Morgan fingerprint density at radius 3 is 1.97 bits per heavy atom. The third kappa shape index (κ3) is 2.95. The van der Waals surface area contributed by atoms with Crippen LogP contribution < -0.4 is 11.5 Å². The summed E-state index contributed by atoms with van der Waals surface area (Å²) in [5.74, 6) is -0.0356. The second-order valence-corrected chi connectivity index (χ2v) is 6.67. The van der Waals surface area contributed by atoms with Gasteiger partial charge in [-0.25, -0.2) is 4.98 Å². The van der Waals surface area contributed by atoms with Crippen LogP contribution in [0.3, 0.4) is 0 Å². The molecule has 4 N–H and O–H groups in total. The number of nitrogens with zero attached hydrogens (tertiary/aromatic N) is 2. The number of nitrogens with two attached hydrogens (primary N) is 2. The van der Waals surface area contributed by atoms with Gasteiger partial charge >= 0.3 is 5.97 Å². The minimum Gasteiger partial charge on any atom is -0.468 e. The van der Waals surface area contributed by atoms with Gasteiger partial charge in [-0.3, -0.25) is 4.79 Å². The van der Waals surface area contributed by atoms with E-state index in [2.05, 4.69) is 9.97 Å².